The number of carbonyl (C=O) groups is 1. The molecule has 3 nitrogen and oxygen atoms in total. The Morgan fingerprint density at radius 1 is 1.40 bits per heavy atom. The minimum Gasteiger partial charge on any atom is -0.394 e. The molecule has 0 heterocycles. The van der Waals surface area contributed by atoms with Crippen LogP contribution < -0.4 is 11.1 Å². The minimum atomic E-state index is 0.634. The number of hydrogen-bond donors (Lipinski definition) is 2. The van der Waals surface area contributed by atoms with Gasteiger partial charge in [0.2, 0.25) is 0 Å². The quantitative estimate of drug-likeness (QED) is 0.431. The number of quaternary nitrogens is 1. The lowest BCUT2D eigenvalue weighted by atomic mass is 10.3. The van der Waals surface area contributed by atoms with Crippen LogP contribution in [0.15, 0.2) is 24.3 Å². The van der Waals surface area contributed by atoms with Gasteiger partial charge in [-0.1, -0.05) is 12.1 Å². The van der Waals surface area contributed by atoms with Crippen molar-refractivity contribution in [3.05, 3.63) is 24.3 Å². The number of nitrogen functional groups attached to an aromatic ring is 1. The number of nitrogens with two attached hydrogens (primary N) is 2. The van der Waals surface area contributed by atoms with Crippen molar-refractivity contribution >= 4 is 17.8 Å². The number of anilines is 1. The Labute approximate surface area is 58.8 Å². The van der Waals surface area contributed by atoms with Gasteiger partial charge >= 0.3 is 6.41 Å². The molecule has 3 heteroatoms. The molecule has 0 aliphatic heterocycles. The van der Waals surface area contributed by atoms with Crippen LogP contribution in [0.2, 0.25) is 0 Å². The summed E-state index contributed by atoms with van der Waals surface area (Å²) in [4.78, 5) is 10.0. The standard InChI is InChI=1S/C7H8N2O/c8-6-3-1-2-4-7(6)9-5-10/h1-5H,8H2,(H,9,10)/p+1. The molecule has 0 atom stereocenters. The molecule has 1 aromatic rings. The molecule has 10 heavy (non-hydrogen) atoms. The maximum Gasteiger partial charge on any atom is 0.303 e. The van der Waals surface area contributed by atoms with Gasteiger partial charge < -0.3 is 5.73 Å². The molecule has 0 spiro atoms. The van der Waals surface area contributed by atoms with Crippen molar-refractivity contribution in [1.82, 2.24) is 0 Å². The normalized spacial score (nSPS) is 9.20. The first-order chi connectivity index (χ1) is 4.84. The Morgan fingerprint density at radius 3 is 2.70 bits per heavy atom. The van der Waals surface area contributed by atoms with Crippen LogP contribution in [0.5, 0.6) is 0 Å². The molecule has 0 aliphatic carbocycles. The van der Waals surface area contributed by atoms with Crippen molar-refractivity contribution in [3.8, 4) is 0 Å². The highest BCUT2D eigenvalue weighted by Gasteiger charge is 1.97. The van der Waals surface area contributed by atoms with E-state index in [1.807, 2.05) is 12.1 Å². The summed E-state index contributed by atoms with van der Waals surface area (Å²) in [5, 5.41) is 1.44. The molecule has 0 saturated carbocycles. The van der Waals surface area contributed by atoms with Crippen molar-refractivity contribution in [2.45, 2.75) is 0 Å². The molecule has 0 radical (unpaired) electrons. The van der Waals surface area contributed by atoms with Crippen molar-refractivity contribution in [2.75, 3.05) is 5.73 Å². The van der Waals surface area contributed by atoms with E-state index >= 15 is 0 Å². The van der Waals surface area contributed by atoms with E-state index in [4.69, 9.17) is 5.73 Å². The maximum atomic E-state index is 10.0. The van der Waals surface area contributed by atoms with Gasteiger partial charge in [-0.15, -0.1) is 0 Å². The van der Waals surface area contributed by atoms with Gasteiger partial charge in [0.25, 0.3) is 0 Å². The van der Waals surface area contributed by atoms with Gasteiger partial charge in [-0.3, -0.25) is 5.32 Å². The summed E-state index contributed by atoms with van der Waals surface area (Å²) in [6.07, 6.45) is 0.728. The van der Waals surface area contributed by atoms with E-state index in [1.165, 1.54) is 5.32 Å². The lowest BCUT2D eigenvalue weighted by Gasteiger charge is -1.95. The average Bonchev–Trinajstić information content (AvgIpc) is 1.94. The molecule has 1 amide bonds. The van der Waals surface area contributed by atoms with Crippen LogP contribution >= 0.6 is 0 Å². The van der Waals surface area contributed by atoms with Crippen LogP contribution in [-0.2, 0) is 4.79 Å². The van der Waals surface area contributed by atoms with Crippen molar-refractivity contribution in [1.29, 1.82) is 0 Å². The zero-order valence-electron chi connectivity index (χ0n) is 5.45. The van der Waals surface area contributed by atoms with Crippen molar-refractivity contribution < 1.29 is 10.1 Å². The van der Waals surface area contributed by atoms with Gasteiger partial charge in [0.1, 0.15) is 0 Å². The largest absolute Gasteiger partial charge is 0.394 e. The summed E-state index contributed by atoms with van der Waals surface area (Å²) in [5.74, 6) is 0. The maximum absolute atomic E-state index is 10.0. The number of primary amides is 1. The molecular formula is C7H9N2O+. The SMILES string of the molecule is Nc1ccccc1[NH2+]C=O. The molecule has 0 aliphatic rings. The smallest absolute Gasteiger partial charge is 0.303 e. The summed E-state index contributed by atoms with van der Waals surface area (Å²) in [7, 11) is 0. The monoisotopic (exact) mass is 137 g/mol. The van der Waals surface area contributed by atoms with Gasteiger partial charge in [-0.25, -0.2) is 4.79 Å². The average molecular weight is 137 g/mol. The van der Waals surface area contributed by atoms with Crippen LogP contribution in [0.1, 0.15) is 0 Å². The first-order valence-electron chi connectivity index (χ1n) is 2.97. The lowest BCUT2D eigenvalue weighted by molar-refractivity contribution is -0.466. The summed E-state index contributed by atoms with van der Waals surface area (Å²) < 4.78 is 0. The van der Waals surface area contributed by atoms with Crippen LogP contribution in [0, 0.1) is 0 Å². The van der Waals surface area contributed by atoms with Crippen LogP contribution in [0.25, 0.3) is 0 Å². The van der Waals surface area contributed by atoms with Crippen molar-refractivity contribution in [3.63, 3.8) is 0 Å². The van der Waals surface area contributed by atoms with E-state index < -0.39 is 0 Å². The Morgan fingerprint density at radius 2 is 2.10 bits per heavy atom. The third kappa shape index (κ3) is 1.33. The van der Waals surface area contributed by atoms with Crippen LogP contribution in [0.3, 0.4) is 0 Å². The number of hydrogen-bond acceptors (Lipinski definition) is 2. The predicted octanol–water partition coefficient (Wildman–Crippen LogP) is -0.380. The van der Waals surface area contributed by atoms with E-state index in [0.717, 1.165) is 12.1 Å². The van der Waals surface area contributed by atoms with Crippen LogP contribution in [-0.4, -0.2) is 6.41 Å². The second-order valence-corrected chi connectivity index (χ2v) is 1.93. The molecule has 0 saturated heterocycles. The Bertz CT molecular complexity index is 235. The van der Waals surface area contributed by atoms with Gasteiger partial charge in [0.15, 0.2) is 5.69 Å². The number of benzene rings is 1. The van der Waals surface area contributed by atoms with Gasteiger partial charge in [-0.2, -0.15) is 0 Å². The molecule has 1 aromatic carbocycles. The van der Waals surface area contributed by atoms with Crippen molar-refractivity contribution in [2.24, 2.45) is 0 Å². The summed E-state index contributed by atoms with van der Waals surface area (Å²) >= 11 is 0. The number of rotatable bonds is 2. The highest BCUT2D eigenvalue weighted by atomic mass is 16.1. The second-order valence-electron chi connectivity index (χ2n) is 1.93. The van der Waals surface area contributed by atoms with E-state index in [1.54, 1.807) is 12.1 Å². The fraction of sp³-hybridized carbons (Fsp3) is 0. The number of carbonyl (C=O) groups excluding carboxylic acids is 1. The molecular weight excluding hydrogens is 128 g/mol. The van der Waals surface area contributed by atoms with E-state index in [9.17, 15) is 4.79 Å². The molecule has 4 N–H and O–H groups in total. The lowest BCUT2D eigenvalue weighted by Crippen LogP contribution is -2.76. The molecule has 0 aromatic heterocycles. The summed E-state index contributed by atoms with van der Waals surface area (Å²) in [6, 6.07) is 7.22. The second kappa shape index (κ2) is 2.98. The Kier molecular flexibility index (Phi) is 2.02. The van der Waals surface area contributed by atoms with Crippen LogP contribution in [0.4, 0.5) is 11.4 Å². The molecule has 1 rings (SSSR count). The van der Waals surface area contributed by atoms with E-state index in [0.29, 0.717) is 5.69 Å². The van der Waals surface area contributed by atoms with E-state index in [2.05, 4.69) is 0 Å². The zero-order chi connectivity index (χ0) is 7.40. The van der Waals surface area contributed by atoms with Gasteiger partial charge in [0, 0.05) is 6.07 Å². The first kappa shape index (κ1) is 6.77. The first-order valence-corrected chi connectivity index (χ1v) is 2.97. The zero-order valence-corrected chi connectivity index (χ0v) is 5.45. The minimum absolute atomic E-state index is 0.634. The third-order valence-corrected chi connectivity index (χ3v) is 1.24. The number of para-hydroxylation sites is 2. The molecule has 0 bridgehead atoms. The fourth-order valence-corrected chi connectivity index (χ4v) is 0.736. The molecule has 0 unspecified atom stereocenters. The van der Waals surface area contributed by atoms with Gasteiger partial charge in [0.05, 0.1) is 5.69 Å². The Balaban J connectivity index is 2.91. The topological polar surface area (TPSA) is 59.7 Å². The fourth-order valence-electron chi connectivity index (χ4n) is 0.736. The predicted molar refractivity (Wildman–Crippen MR) is 38.5 cm³/mol. The van der Waals surface area contributed by atoms with Gasteiger partial charge in [-0.05, 0) is 6.07 Å². The highest BCUT2D eigenvalue weighted by Crippen LogP contribution is 2.09. The van der Waals surface area contributed by atoms with E-state index in [-0.39, 0.29) is 0 Å². The summed E-state index contributed by atoms with van der Waals surface area (Å²) in [6.45, 7) is 0. The molecule has 0 fully saturated rings. The molecule has 52 valence electrons. The summed E-state index contributed by atoms with van der Waals surface area (Å²) in [5.41, 5.74) is 6.93. The Hall–Kier alpha value is -1.35. The third-order valence-electron chi connectivity index (χ3n) is 1.24. The number of amides is 1. The highest BCUT2D eigenvalue weighted by molar-refractivity contribution is 5.59.